The lowest BCUT2D eigenvalue weighted by molar-refractivity contribution is -0.140. The number of hydrogen-bond acceptors (Lipinski definition) is 4. The summed E-state index contributed by atoms with van der Waals surface area (Å²) < 4.78 is 28.2. The maximum atomic E-state index is 14.2. The van der Waals surface area contributed by atoms with E-state index in [1.807, 2.05) is 91.9 Å². The Bertz CT molecular complexity index is 1590. The van der Waals surface area contributed by atoms with Crippen molar-refractivity contribution in [3.8, 4) is 0 Å². The van der Waals surface area contributed by atoms with Gasteiger partial charge in [0.05, 0.1) is 11.9 Å². The Morgan fingerprint density at radius 1 is 0.875 bits per heavy atom. The van der Waals surface area contributed by atoms with Crippen LogP contribution in [0.25, 0.3) is 10.8 Å². The number of nitrogens with zero attached hydrogens (tertiary/aromatic N) is 2. The summed E-state index contributed by atoms with van der Waals surface area (Å²) in [4.78, 5) is 29.1. The maximum Gasteiger partial charge on any atom is 0.244 e. The number of amides is 2. The molecule has 0 aromatic heterocycles. The highest BCUT2D eigenvalue weighted by molar-refractivity contribution is 9.10. The Balaban J connectivity index is 1.77. The molecule has 2 amide bonds. The predicted octanol–water partition coefficient (Wildman–Crippen LogP) is 5.14. The molecule has 4 aromatic rings. The minimum Gasteiger partial charge on any atom is -0.355 e. The van der Waals surface area contributed by atoms with Crippen LogP contribution in [0, 0.1) is 0 Å². The Labute approximate surface area is 244 Å². The van der Waals surface area contributed by atoms with E-state index in [1.165, 1.54) is 4.90 Å². The van der Waals surface area contributed by atoms with Crippen molar-refractivity contribution in [1.82, 2.24) is 10.2 Å². The molecule has 0 aliphatic heterocycles. The van der Waals surface area contributed by atoms with Crippen molar-refractivity contribution in [2.24, 2.45) is 0 Å². The summed E-state index contributed by atoms with van der Waals surface area (Å²) in [5.41, 5.74) is 2.11. The highest BCUT2D eigenvalue weighted by atomic mass is 79.9. The summed E-state index contributed by atoms with van der Waals surface area (Å²) >= 11 is 3.48. The first-order valence-electron chi connectivity index (χ1n) is 13.0. The lowest BCUT2D eigenvalue weighted by Gasteiger charge is -2.33. The summed E-state index contributed by atoms with van der Waals surface area (Å²) in [7, 11) is -3.85. The van der Waals surface area contributed by atoms with Crippen LogP contribution in [0.1, 0.15) is 18.1 Å². The Kier molecular flexibility index (Phi) is 9.60. The third-order valence-electron chi connectivity index (χ3n) is 6.58. The Hall–Kier alpha value is -3.69. The molecule has 7 nitrogen and oxygen atoms in total. The van der Waals surface area contributed by atoms with Crippen molar-refractivity contribution < 1.29 is 18.0 Å². The van der Waals surface area contributed by atoms with Gasteiger partial charge in [-0.15, -0.1) is 0 Å². The van der Waals surface area contributed by atoms with Crippen molar-refractivity contribution in [3.05, 3.63) is 113 Å². The van der Waals surface area contributed by atoms with E-state index in [4.69, 9.17) is 0 Å². The molecule has 0 heterocycles. The largest absolute Gasteiger partial charge is 0.355 e. The van der Waals surface area contributed by atoms with Gasteiger partial charge in [-0.1, -0.05) is 94.8 Å². The minimum atomic E-state index is -3.85. The molecule has 0 fully saturated rings. The van der Waals surface area contributed by atoms with E-state index in [0.29, 0.717) is 17.6 Å². The fourth-order valence-electron chi connectivity index (χ4n) is 4.70. The summed E-state index contributed by atoms with van der Waals surface area (Å²) in [6.45, 7) is 1.89. The van der Waals surface area contributed by atoms with Crippen LogP contribution in [0.3, 0.4) is 0 Å². The third-order valence-corrected chi connectivity index (χ3v) is 8.20. The van der Waals surface area contributed by atoms with Crippen molar-refractivity contribution in [3.63, 3.8) is 0 Å². The first-order chi connectivity index (χ1) is 19.2. The number of rotatable bonds is 11. The van der Waals surface area contributed by atoms with Gasteiger partial charge in [-0.3, -0.25) is 13.9 Å². The fourth-order valence-corrected chi connectivity index (χ4v) is 6.01. The quantitative estimate of drug-likeness (QED) is 0.251. The molecule has 208 valence electrons. The number of carbonyl (C=O) groups is 2. The van der Waals surface area contributed by atoms with E-state index in [2.05, 4.69) is 21.2 Å². The number of benzene rings is 4. The second kappa shape index (κ2) is 13.1. The van der Waals surface area contributed by atoms with E-state index in [0.717, 1.165) is 31.5 Å². The number of anilines is 1. The van der Waals surface area contributed by atoms with Crippen LogP contribution in [0.2, 0.25) is 0 Å². The van der Waals surface area contributed by atoms with Crippen molar-refractivity contribution >= 4 is 54.2 Å². The molecule has 40 heavy (non-hydrogen) atoms. The van der Waals surface area contributed by atoms with Gasteiger partial charge in [-0.25, -0.2) is 8.42 Å². The molecular weight excluding hydrogens is 590 g/mol. The summed E-state index contributed by atoms with van der Waals surface area (Å²) in [6.07, 6.45) is 1.37. The number of nitrogens with one attached hydrogen (secondary N) is 1. The Morgan fingerprint density at radius 2 is 1.52 bits per heavy atom. The zero-order valence-electron chi connectivity index (χ0n) is 22.5. The monoisotopic (exact) mass is 621 g/mol. The normalized spacial score (nSPS) is 12.1. The number of carbonyl (C=O) groups excluding carboxylic acids is 2. The molecule has 1 atom stereocenters. The number of halogens is 1. The maximum absolute atomic E-state index is 14.2. The molecule has 0 saturated heterocycles. The molecule has 1 N–H and O–H groups in total. The van der Waals surface area contributed by atoms with Crippen LogP contribution in [-0.4, -0.2) is 50.5 Å². The van der Waals surface area contributed by atoms with Crippen LogP contribution < -0.4 is 9.62 Å². The van der Waals surface area contributed by atoms with Crippen LogP contribution in [0.15, 0.2) is 102 Å². The summed E-state index contributed by atoms with van der Waals surface area (Å²) in [5.74, 6) is -0.781. The van der Waals surface area contributed by atoms with Crippen LogP contribution in [0.4, 0.5) is 5.69 Å². The van der Waals surface area contributed by atoms with Gasteiger partial charge >= 0.3 is 0 Å². The van der Waals surface area contributed by atoms with Gasteiger partial charge in [-0.2, -0.15) is 0 Å². The molecule has 0 radical (unpaired) electrons. The molecule has 0 spiro atoms. The molecule has 4 rings (SSSR count). The van der Waals surface area contributed by atoms with E-state index >= 15 is 0 Å². The second-order valence-corrected chi connectivity index (χ2v) is 12.3. The fraction of sp³-hybridized carbons (Fsp3) is 0.226. The van der Waals surface area contributed by atoms with Gasteiger partial charge in [0.25, 0.3) is 0 Å². The van der Waals surface area contributed by atoms with Crippen LogP contribution >= 0.6 is 15.9 Å². The van der Waals surface area contributed by atoms with Crippen molar-refractivity contribution in [2.45, 2.75) is 25.9 Å². The smallest absolute Gasteiger partial charge is 0.244 e. The first kappa shape index (κ1) is 29.3. The minimum absolute atomic E-state index is 0.125. The first-order valence-corrected chi connectivity index (χ1v) is 15.6. The molecule has 0 aliphatic rings. The SMILES string of the molecule is CCNC(=O)[C@@H](Cc1ccccc1)N(Cc1cccc(Br)c1)C(=O)CN(c1cccc2ccccc12)S(C)(=O)=O. The molecule has 0 aliphatic carbocycles. The zero-order valence-corrected chi connectivity index (χ0v) is 24.9. The highest BCUT2D eigenvalue weighted by Crippen LogP contribution is 2.29. The standard InChI is InChI=1S/C31H32BrN3O4S/c1-3-33-31(37)29(20-23-11-5-4-6-12-23)34(21-24-13-9-16-26(32)19-24)30(36)22-35(40(2,38)39)28-18-10-15-25-14-7-8-17-27(25)28/h4-19,29H,3,20-22H2,1-2H3,(H,33,37)/t29-/m1/s1. The van der Waals surface area contributed by atoms with E-state index < -0.39 is 28.5 Å². The lowest BCUT2D eigenvalue weighted by atomic mass is 10.0. The van der Waals surface area contributed by atoms with Gasteiger partial charge < -0.3 is 10.2 Å². The number of likely N-dealkylation sites (N-methyl/N-ethyl adjacent to an activating group) is 1. The van der Waals surface area contributed by atoms with Gasteiger partial charge in [0.15, 0.2) is 0 Å². The molecule has 0 saturated carbocycles. The van der Waals surface area contributed by atoms with Gasteiger partial charge in [-0.05, 0) is 41.6 Å². The predicted molar refractivity (Wildman–Crippen MR) is 163 cm³/mol. The number of hydrogen-bond donors (Lipinski definition) is 1. The zero-order chi connectivity index (χ0) is 28.7. The van der Waals surface area contributed by atoms with Crippen LogP contribution in [0.5, 0.6) is 0 Å². The summed E-state index contributed by atoms with van der Waals surface area (Å²) in [5, 5.41) is 4.44. The van der Waals surface area contributed by atoms with Gasteiger partial charge in [0.1, 0.15) is 12.6 Å². The highest BCUT2D eigenvalue weighted by Gasteiger charge is 2.33. The second-order valence-electron chi connectivity index (χ2n) is 9.52. The molecule has 9 heteroatoms. The van der Waals surface area contributed by atoms with Crippen molar-refractivity contribution in [1.29, 1.82) is 0 Å². The number of sulfonamides is 1. The van der Waals surface area contributed by atoms with E-state index in [-0.39, 0.29) is 18.9 Å². The van der Waals surface area contributed by atoms with Crippen molar-refractivity contribution in [2.75, 3.05) is 23.7 Å². The molecule has 0 unspecified atom stereocenters. The topological polar surface area (TPSA) is 86.8 Å². The van der Waals surface area contributed by atoms with E-state index in [9.17, 15) is 18.0 Å². The Morgan fingerprint density at radius 3 is 2.23 bits per heavy atom. The molecular formula is C31H32BrN3O4S. The average molecular weight is 623 g/mol. The number of fused-ring (bicyclic) bond motifs is 1. The van der Waals surface area contributed by atoms with Crippen LogP contribution in [-0.2, 0) is 32.6 Å². The third kappa shape index (κ3) is 7.28. The van der Waals surface area contributed by atoms with Gasteiger partial charge in [0, 0.05) is 29.4 Å². The average Bonchev–Trinajstić information content (AvgIpc) is 2.93. The van der Waals surface area contributed by atoms with Gasteiger partial charge in [0.2, 0.25) is 21.8 Å². The lowest BCUT2D eigenvalue weighted by Crippen LogP contribution is -2.53. The molecule has 4 aromatic carbocycles. The summed E-state index contributed by atoms with van der Waals surface area (Å²) in [6, 6.07) is 28.9. The molecule has 0 bridgehead atoms. The van der Waals surface area contributed by atoms with E-state index in [1.54, 1.807) is 12.1 Å².